The molecule has 0 saturated carbocycles. The quantitative estimate of drug-likeness (QED) is 0.380. The molecule has 8 heteroatoms. The van der Waals surface area contributed by atoms with E-state index in [9.17, 15) is 13.2 Å². The number of halogens is 3. The fourth-order valence-electron chi connectivity index (χ4n) is 2.66. The van der Waals surface area contributed by atoms with Gasteiger partial charge in [-0.2, -0.15) is 13.2 Å². The van der Waals surface area contributed by atoms with Gasteiger partial charge in [-0.05, 0) is 45.3 Å². The molecule has 2 N–H and O–H groups in total. The predicted octanol–water partition coefficient (Wildman–Crippen LogP) is 2.39. The third-order valence-electron chi connectivity index (χ3n) is 3.89. The second-order valence-corrected chi connectivity index (χ2v) is 6.06. The van der Waals surface area contributed by atoms with E-state index in [0.29, 0.717) is 18.9 Å². The Morgan fingerprint density at radius 2 is 1.67 bits per heavy atom. The van der Waals surface area contributed by atoms with E-state index < -0.39 is 12.8 Å². The molecule has 0 aromatic rings. The Hall–Kier alpha value is -1.02. The number of alkyl halides is 3. The molecule has 0 aromatic heterocycles. The first kappa shape index (κ1) is 21.0. The van der Waals surface area contributed by atoms with Gasteiger partial charge in [0, 0.05) is 26.7 Å². The lowest BCUT2D eigenvalue weighted by Crippen LogP contribution is -2.39. The van der Waals surface area contributed by atoms with Gasteiger partial charge in [0.15, 0.2) is 5.96 Å². The van der Waals surface area contributed by atoms with Crippen molar-refractivity contribution in [3.8, 4) is 0 Å². The highest BCUT2D eigenvalue weighted by Gasteiger charge is 2.27. The fourth-order valence-corrected chi connectivity index (χ4v) is 2.66. The molecule has 0 unspecified atom stereocenters. The molecule has 0 atom stereocenters. The predicted molar refractivity (Wildman–Crippen MR) is 90.4 cm³/mol. The van der Waals surface area contributed by atoms with Crippen molar-refractivity contribution in [2.45, 2.75) is 44.7 Å². The first-order chi connectivity index (χ1) is 11.5. The van der Waals surface area contributed by atoms with Gasteiger partial charge in [-0.1, -0.05) is 12.8 Å². The smallest absolute Gasteiger partial charge is 0.372 e. The summed E-state index contributed by atoms with van der Waals surface area (Å²) in [6, 6.07) is 0. The second-order valence-electron chi connectivity index (χ2n) is 6.06. The van der Waals surface area contributed by atoms with Gasteiger partial charge in [-0.25, -0.2) is 0 Å². The fraction of sp³-hybridized carbons (Fsp3) is 0.938. The van der Waals surface area contributed by atoms with Crippen molar-refractivity contribution in [3.05, 3.63) is 0 Å². The lowest BCUT2D eigenvalue weighted by atomic mass is 10.2. The minimum absolute atomic E-state index is 0.0818. The molecule has 1 aliphatic heterocycles. The van der Waals surface area contributed by atoms with Gasteiger partial charge in [0.2, 0.25) is 0 Å². The number of rotatable bonds is 9. The Morgan fingerprint density at radius 3 is 2.25 bits per heavy atom. The molecule has 0 radical (unpaired) electrons. The number of hydrogen-bond acceptors (Lipinski definition) is 3. The number of nitrogens with one attached hydrogen (secondary N) is 2. The zero-order valence-corrected chi connectivity index (χ0v) is 14.6. The highest BCUT2D eigenvalue weighted by molar-refractivity contribution is 5.79. The van der Waals surface area contributed by atoms with Gasteiger partial charge >= 0.3 is 6.18 Å². The van der Waals surface area contributed by atoms with Crippen molar-refractivity contribution in [1.29, 1.82) is 0 Å². The van der Waals surface area contributed by atoms with Crippen LogP contribution in [0.3, 0.4) is 0 Å². The average Bonchev–Trinajstić information content (AvgIpc) is 2.80. The molecule has 1 saturated heterocycles. The van der Waals surface area contributed by atoms with Crippen molar-refractivity contribution in [3.63, 3.8) is 0 Å². The Morgan fingerprint density at radius 1 is 1.04 bits per heavy atom. The third-order valence-corrected chi connectivity index (χ3v) is 3.89. The van der Waals surface area contributed by atoms with Crippen LogP contribution in [0.4, 0.5) is 13.2 Å². The monoisotopic (exact) mass is 352 g/mol. The number of nitrogens with zero attached hydrogens (tertiary/aromatic N) is 2. The first-order valence-electron chi connectivity index (χ1n) is 8.82. The Balaban J connectivity index is 2.00. The molecular weight excluding hydrogens is 321 g/mol. The molecule has 1 fully saturated rings. The first-order valence-corrected chi connectivity index (χ1v) is 8.82. The van der Waals surface area contributed by atoms with Gasteiger partial charge in [0.1, 0.15) is 6.61 Å². The summed E-state index contributed by atoms with van der Waals surface area (Å²) in [6.07, 6.45) is 2.59. The summed E-state index contributed by atoms with van der Waals surface area (Å²) >= 11 is 0. The van der Waals surface area contributed by atoms with E-state index >= 15 is 0 Å². The van der Waals surface area contributed by atoms with Crippen LogP contribution in [0.2, 0.25) is 0 Å². The molecule has 1 rings (SSSR count). The summed E-state index contributed by atoms with van der Waals surface area (Å²) in [5.41, 5.74) is 0. The van der Waals surface area contributed by atoms with Crippen LogP contribution in [-0.2, 0) is 4.74 Å². The molecule has 0 amide bonds. The van der Waals surface area contributed by atoms with Crippen LogP contribution in [0.15, 0.2) is 4.99 Å². The number of ether oxygens (including phenoxy) is 1. The molecule has 1 aliphatic rings. The topological polar surface area (TPSA) is 48.9 Å². The lowest BCUT2D eigenvalue weighted by molar-refractivity contribution is -0.173. The lowest BCUT2D eigenvalue weighted by Gasteiger charge is -2.20. The van der Waals surface area contributed by atoms with Gasteiger partial charge < -0.3 is 20.3 Å². The summed E-state index contributed by atoms with van der Waals surface area (Å²) in [7, 11) is 1.68. The van der Waals surface area contributed by atoms with Gasteiger partial charge in [-0.3, -0.25) is 4.99 Å². The van der Waals surface area contributed by atoms with E-state index in [1.807, 2.05) is 0 Å². The van der Waals surface area contributed by atoms with E-state index in [4.69, 9.17) is 0 Å². The summed E-state index contributed by atoms with van der Waals surface area (Å²) in [6.45, 7) is 3.75. The van der Waals surface area contributed by atoms with Crippen molar-refractivity contribution >= 4 is 5.96 Å². The van der Waals surface area contributed by atoms with Crippen molar-refractivity contribution in [2.75, 3.05) is 53.0 Å². The van der Waals surface area contributed by atoms with Crippen LogP contribution in [-0.4, -0.2) is 70.0 Å². The molecular formula is C16H31F3N4O. The van der Waals surface area contributed by atoms with Crippen molar-refractivity contribution < 1.29 is 17.9 Å². The highest BCUT2D eigenvalue weighted by Crippen LogP contribution is 2.14. The average molecular weight is 352 g/mol. The maximum Gasteiger partial charge on any atom is 0.411 e. The van der Waals surface area contributed by atoms with Crippen molar-refractivity contribution in [2.24, 2.45) is 4.99 Å². The normalized spacial score (nSPS) is 17.6. The molecule has 24 heavy (non-hydrogen) atoms. The van der Waals surface area contributed by atoms with Crippen LogP contribution in [0, 0.1) is 0 Å². The third kappa shape index (κ3) is 11.5. The molecule has 5 nitrogen and oxygen atoms in total. The largest absolute Gasteiger partial charge is 0.411 e. The number of aliphatic imine (C=N–C) groups is 1. The van der Waals surface area contributed by atoms with Crippen LogP contribution >= 0.6 is 0 Å². The van der Waals surface area contributed by atoms with E-state index in [1.54, 1.807) is 7.05 Å². The van der Waals surface area contributed by atoms with E-state index in [1.165, 1.54) is 38.8 Å². The van der Waals surface area contributed by atoms with E-state index in [0.717, 1.165) is 19.5 Å². The zero-order valence-electron chi connectivity index (χ0n) is 14.6. The molecule has 0 spiro atoms. The molecule has 0 aliphatic carbocycles. The minimum atomic E-state index is -4.25. The minimum Gasteiger partial charge on any atom is -0.372 e. The standard InChI is InChI=1S/C16H31F3N4O/c1-20-15(22-9-7-13-24-14-16(17,18)19)21-8-6-12-23-10-4-2-3-5-11-23/h2-14H2,1H3,(H2,20,21,22). The summed E-state index contributed by atoms with van der Waals surface area (Å²) in [5, 5.41) is 6.31. The van der Waals surface area contributed by atoms with Gasteiger partial charge in [0.05, 0.1) is 0 Å². The van der Waals surface area contributed by atoms with Crippen molar-refractivity contribution in [1.82, 2.24) is 15.5 Å². The SMILES string of the molecule is CN=C(NCCCOCC(F)(F)F)NCCCN1CCCCCC1. The van der Waals surface area contributed by atoms with Crippen LogP contribution in [0.5, 0.6) is 0 Å². The molecule has 0 aromatic carbocycles. The molecule has 0 bridgehead atoms. The number of likely N-dealkylation sites (tertiary alicyclic amines) is 1. The maximum atomic E-state index is 11.9. The Labute approximate surface area is 143 Å². The Bertz CT molecular complexity index is 343. The maximum absolute atomic E-state index is 11.9. The van der Waals surface area contributed by atoms with Crippen LogP contribution in [0.1, 0.15) is 38.5 Å². The van der Waals surface area contributed by atoms with Gasteiger partial charge in [0.25, 0.3) is 0 Å². The number of guanidine groups is 1. The second kappa shape index (κ2) is 12.4. The summed E-state index contributed by atoms with van der Waals surface area (Å²) in [5.74, 6) is 0.682. The van der Waals surface area contributed by atoms with E-state index in [2.05, 4.69) is 25.3 Å². The van der Waals surface area contributed by atoms with E-state index in [-0.39, 0.29) is 6.61 Å². The molecule has 142 valence electrons. The van der Waals surface area contributed by atoms with Crippen LogP contribution < -0.4 is 10.6 Å². The summed E-state index contributed by atoms with van der Waals surface area (Å²) in [4.78, 5) is 6.62. The Kier molecular flexibility index (Phi) is 10.8. The van der Waals surface area contributed by atoms with Crippen LogP contribution in [0.25, 0.3) is 0 Å². The number of hydrogen-bond donors (Lipinski definition) is 2. The zero-order chi connectivity index (χ0) is 17.7. The molecule has 1 heterocycles. The summed E-state index contributed by atoms with van der Waals surface area (Å²) < 4.78 is 40.3. The van der Waals surface area contributed by atoms with Gasteiger partial charge in [-0.15, -0.1) is 0 Å². The highest BCUT2D eigenvalue weighted by atomic mass is 19.4.